The van der Waals surface area contributed by atoms with Gasteiger partial charge >= 0.3 is 5.97 Å². The highest BCUT2D eigenvalue weighted by atomic mass is 35.5. The smallest absolute Gasteiger partial charge is 0.312 e. The van der Waals surface area contributed by atoms with Crippen molar-refractivity contribution in [3.8, 4) is 0 Å². The lowest BCUT2D eigenvalue weighted by molar-refractivity contribution is -0.153. The molecule has 5 heteroatoms. The molecule has 0 N–H and O–H groups in total. The van der Waals surface area contributed by atoms with Crippen molar-refractivity contribution in [1.29, 1.82) is 0 Å². The van der Waals surface area contributed by atoms with Crippen LogP contribution in [0.1, 0.15) is 18.6 Å². The van der Waals surface area contributed by atoms with E-state index in [-0.39, 0.29) is 0 Å². The predicted molar refractivity (Wildman–Crippen MR) is 62.5 cm³/mol. The van der Waals surface area contributed by atoms with Crippen molar-refractivity contribution in [2.75, 3.05) is 7.11 Å². The van der Waals surface area contributed by atoms with E-state index in [1.165, 1.54) is 7.11 Å². The van der Waals surface area contributed by atoms with E-state index in [1.807, 2.05) is 0 Å². The van der Waals surface area contributed by atoms with E-state index in [4.69, 9.17) is 16.3 Å². The monoisotopic (exact) mass is 256 g/mol. The molecule has 0 saturated heterocycles. The molecule has 0 heterocycles. The van der Waals surface area contributed by atoms with Gasteiger partial charge in [-0.05, 0) is 24.6 Å². The van der Waals surface area contributed by atoms with E-state index >= 15 is 0 Å². The molecule has 92 valence electrons. The highest BCUT2D eigenvalue weighted by molar-refractivity contribution is 6.30. The standard InChI is InChI=1S/C12H13ClO4/c1-8(12(15)16-2)11(17-7-14)9-3-5-10(13)6-4-9/h3-8,11H,1-2H3/t8-,11-/m1/s1. The third-order valence-corrected chi connectivity index (χ3v) is 2.68. The zero-order valence-electron chi connectivity index (χ0n) is 9.55. The van der Waals surface area contributed by atoms with E-state index in [0.29, 0.717) is 17.1 Å². The minimum Gasteiger partial charge on any atom is -0.469 e. The maximum Gasteiger partial charge on any atom is 0.312 e. The van der Waals surface area contributed by atoms with Crippen molar-refractivity contribution in [1.82, 2.24) is 0 Å². The number of carbonyl (C=O) groups excluding carboxylic acids is 2. The van der Waals surface area contributed by atoms with Gasteiger partial charge in [-0.1, -0.05) is 23.7 Å². The van der Waals surface area contributed by atoms with E-state index in [9.17, 15) is 9.59 Å². The number of rotatable bonds is 5. The van der Waals surface area contributed by atoms with Crippen LogP contribution in [0.15, 0.2) is 24.3 Å². The Balaban J connectivity index is 2.95. The van der Waals surface area contributed by atoms with Crippen molar-refractivity contribution in [2.24, 2.45) is 5.92 Å². The maximum atomic E-state index is 11.4. The molecule has 1 aromatic carbocycles. The van der Waals surface area contributed by atoms with Crippen LogP contribution in [0, 0.1) is 5.92 Å². The Morgan fingerprint density at radius 1 is 1.35 bits per heavy atom. The third-order valence-electron chi connectivity index (χ3n) is 2.43. The maximum absolute atomic E-state index is 11.4. The summed E-state index contributed by atoms with van der Waals surface area (Å²) >= 11 is 5.76. The van der Waals surface area contributed by atoms with E-state index < -0.39 is 18.0 Å². The number of ether oxygens (including phenoxy) is 2. The van der Waals surface area contributed by atoms with Gasteiger partial charge < -0.3 is 9.47 Å². The zero-order chi connectivity index (χ0) is 12.8. The number of halogens is 1. The SMILES string of the molecule is COC(=O)[C@H](C)[C@@H](OC=O)c1ccc(Cl)cc1. The van der Waals surface area contributed by atoms with Crippen LogP contribution >= 0.6 is 11.6 Å². The Morgan fingerprint density at radius 3 is 2.41 bits per heavy atom. The first kappa shape index (κ1) is 13.5. The molecule has 0 aliphatic heterocycles. The van der Waals surface area contributed by atoms with Crippen molar-refractivity contribution in [3.05, 3.63) is 34.9 Å². The van der Waals surface area contributed by atoms with Crippen molar-refractivity contribution < 1.29 is 19.1 Å². The minimum absolute atomic E-state index is 0.318. The fourth-order valence-electron chi connectivity index (χ4n) is 1.51. The summed E-state index contributed by atoms with van der Waals surface area (Å²) in [6, 6.07) is 6.75. The predicted octanol–water partition coefficient (Wildman–Crippen LogP) is 2.36. The van der Waals surface area contributed by atoms with E-state index in [2.05, 4.69) is 4.74 Å². The Hall–Kier alpha value is -1.55. The van der Waals surface area contributed by atoms with E-state index in [1.54, 1.807) is 31.2 Å². The van der Waals surface area contributed by atoms with Gasteiger partial charge in [-0.15, -0.1) is 0 Å². The van der Waals surface area contributed by atoms with Crippen molar-refractivity contribution >= 4 is 24.0 Å². The Labute approximate surface area is 104 Å². The van der Waals surface area contributed by atoms with Gasteiger partial charge in [-0.25, -0.2) is 0 Å². The summed E-state index contributed by atoms with van der Waals surface area (Å²) in [7, 11) is 1.29. The highest BCUT2D eigenvalue weighted by Crippen LogP contribution is 2.27. The van der Waals surface area contributed by atoms with Gasteiger partial charge in [-0.3, -0.25) is 9.59 Å². The molecule has 0 aliphatic rings. The van der Waals surface area contributed by atoms with Crippen LogP contribution < -0.4 is 0 Å². The Kier molecular flexibility index (Phi) is 4.97. The van der Waals surface area contributed by atoms with Gasteiger partial charge in [0, 0.05) is 5.02 Å². The fourth-order valence-corrected chi connectivity index (χ4v) is 1.63. The quantitative estimate of drug-likeness (QED) is 0.599. The number of benzene rings is 1. The second-order valence-electron chi connectivity index (χ2n) is 3.52. The highest BCUT2D eigenvalue weighted by Gasteiger charge is 2.27. The van der Waals surface area contributed by atoms with Crippen LogP contribution in [0.25, 0.3) is 0 Å². The molecule has 0 radical (unpaired) electrons. The summed E-state index contributed by atoms with van der Waals surface area (Å²) in [6.07, 6.45) is -0.669. The van der Waals surface area contributed by atoms with Crippen molar-refractivity contribution in [2.45, 2.75) is 13.0 Å². The molecular weight excluding hydrogens is 244 g/mol. The minimum atomic E-state index is -0.669. The number of hydrogen-bond donors (Lipinski definition) is 0. The second-order valence-corrected chi connectivity index (χ2v) is 3.95. The third kappa shape index (κ3) is 3.46. The average Bonchev–Trinajstić information content (AvgIpc) is 2.35. The normalized spacial score (nSPS) is 13.6. The molecule has 0 unspecified atom stereocenters. The van der Waals surface area contributed by atoms with Gasteiger partial charge in [-0.2, -0.15) is 0 Å². The Bertz CT molecular complexity index is 388. The van der Waals surface area contributed by atoms with Gasteiger partial charge in [0.25, 0.3) is 6.47 Å². The molecule has 0 bridgehead atoms. The number of carbonyl (C=O) groups is 2. The summed E-state index contributed by atoms with van der Waals surface area (Å²) in [5, 5.41) is 0.573. The lowest BCUT2D eigenvalue weighted by Gasteiger charge is -2.20. The summed E-state index contributed by atoms with van der Waals surface area (Å²) in [4.78, 5) is 21.9. The Morgan fingerprint density at radius 2 is 1.94 bits per heavy atom. The molecule has 0 spiro atoms. The van der Waals surface area contributed by atoms with Crippen LogP contribution in [-0.2, 0) is 19.1 Å². The number of methoxy groups -OCH3 is 1. The van der Waals surface area contributed by atoms with Crippen molar-refractivity contribution in [3.63, 3.8) is 0 Å². The van der Waals surface area contributed by atoms with Gasteiger partial charge in [0.1, 0.15) is 6.10 Å². The molecular formula is C12H13ClO4. The van der Waals surface area contributed by atoms with Crippen LogP contribution in [0.3, 0.4) is 0 Å². The first-order valence-electron chi connectivity index (χ1n) is 5.02. The summed E-state index contributed by atoms with van der Waals surface area (Å²) < 4.78 is 9.55. The molecule has 0 aromatic heterocycles. The van der Waals surface area contributed by atoms with Crippen LogP contribution in [0.4, 0.5) is 0 Å². The van der Waals surface area contributed by atoms with Gasteiger partial charge in [0.05, 0.1) is 13.0 Å². The lowest BCUT2D eigenvalue weighted by atomic mass is 9.97. The summed E-state index contributed by atoms with van der Waals surface area (Å²) in [5.41, 5.74) is 0.694. The number of hydrogen-bond acceptors (Lipinski definition) is 4. The molecule has 4 nitrogen and oxygen atoms in total. The van der Waals surface area contributed by atoms with Crippen LogP contribution in [0.5, 0.6) is 0 Å². The second kappa shape index (κ2) is 6.25. The lowest BCUT2D eigenvalue weighted by Crippen LogP contribution is -2.22. The summed E-state index contributed by atoms with van der Waals surface area (Å²) in [6.45, 7) is 1.95. The molecule has 0 fully saturated rings. The topological polar surface area (TPSA) is 52.6 Å². The van der Waals surface area contributed by atoms with Crippen LogP contribution in [-0.4, -0.2) is 19.6 Å². The summed E-state index contributed by atoms with van der Waals surface area (Å²) in [5.74, 6) is -1.02. The number of esters is 1. The first-order valence-corrected chi connectivity index (χ1v) is 5.40. The largest absolute Gasteiger partial charge is 0.469 e. The fraction of sp³-hybridized carbons (Fsp3) is 0.333. The molecule has 1 aromatic rings. The van der Waals surface area contributed by atoms with Gasteiger partial charge in [0.15, 0.2) is 0 Å². The zero-order valence-corrected chi connectivity index (χ0v) is 10.3. The molecule has 17 heavy (non-hydrogen) atoms. The molecule has 0 amide bonds. The average molecular weight is 257 g/mol. The molecule has 0 saturated carbocycles. The molecule has 2 atom stereocenters. The van der Waals surface area contributed by atoms with Gasteiger partial charge in [0.2, 0.25) is 0 Å². The van der Waals surface area contributed by atoms with Crippen LogP contribution in [0.2, 0.25) is 5.02 Å². The molecule has 0 aliphatic carbocycles. The first-order chi connectivity index (χ1) is 8.10. The molecule has 1 rings (SSSR count). The van der Waals surface area contributed by atoms with E-state index in [0.717, 1.165) is 0 Å².